The molecule has 0 radical (unpaired) electrons. The molecule has 1 heterocycles. The maximum absolute atomic E-state index is 12.1. The van der Waals surface area contributed by atoms with Gasteiger partial charge in [-0.25, -0.2) is 4.79 Å². The van der Waals surface area contributed by atoms with E-state index in [-0.39, 0.29) is 24.1 Å². The zero-order valence-electron chi connectivity index (χ0n) is 15.3. The minimum Gasteiger partial charge on any atom is -0.454 e. The molecule has 2 aromatic carbocycles. The Bertz CT molecular complexity index is 942. The van der Waals surface area contributed by atoms with Crippen LogP contribution in [0.2, 0.25) is 0 Å². The number of nitro groups is 1. The summed E-state index contributed by atoms with van der Waals surface area (Å²) in [7, 11) is 0. The molecule has 28 heavy (non-hydrogen) atoms. The molecule has 0 saturated carbocycles. The maximum Gasteiger partial charge on any atom is 0.338 e. The van der Waals surface area contributed by atoms with Crippen molar-refractivity contribution >= 4 is 17.6 Å². The molecule has 1 aliphatic rings. The molecule has 9 heteroatoms. The first kappa shape index (κ1) is 19.2. The van der Waals surface area contributed by atoms with Crippen molar-refractivity contribution < 1.29 is 28.7 Å². The third kappa shape index (κ3) is 4.20. The number of esters is 1. The number of carbonyl (C=O) groups is 2. The van der Waals surface area contributed by atoms with Crippen molar-refractivity contribution in [3.63, 3.8) is 0 Å². The SMILES string of the molecule is Cc1ccc(C(=O)OCC(=O)N[C@H](C)c2ccc3c(c2)OCO3)cc1[N+](=O)[O-]. The zero-order chi connectivity index (χ0) is 20.3. The van der Waals surface area contributed by atoms with Crippen LogP contribution in [0.15, 0.2) is 36.4 Å². The first-order valence-electron chi connectivity index (χ1n) is 8.46. The van der Waals surface area contributed by atoms with Gasteiger partial charge in [0.1, 0.15) is 0 Å². The fraction of sp³-hybridized carbons (Fsp3) is 0.263. The van der Waals surface area contributed by atoms with Crippen molar-refractivity contribution in [3.8, 4) is 11.5 Å². The van der Waals surface area contributed by atoms with Crippen LogP contribution in [0.1, 0.15) is 34.5 Å². The van der Waals surface area contributed by atoms with Crippen molar-refractivity contribution in [2.45, 2.75) is 19.9 Å². The van der Waals surface area contributed by atoms with Gasteiger partial charge in [-0.3, -0.25) is 14.9 Å². The Morgan fingerprint density at radius 3 is 2.71 bits per heavy atom. The highest BCUT2D eigenvalue weighted by Crippen LogP contribution is 2.34. The molecule has 0 bridgehead atoms. The summed E-state index contributed by atoms with van der Waals surface area (Å²) in [5.41, 5.74) is 1.05. The Kier molecular flexibility index (Phi) is 5.44. The highest BCUT2D eigenvalue weighted by Gasteiger charge is 2.19. The number of nitro benzene ring substituents is 1. The molecular formula is C19H18N2O7. The van der Waals surface area contributed by atoms with Crippen LogP contribution in [-0.2, 0) is 9.53 Å². The number of hydrogen-bond donors (Lipinski definition) is 1. The fourth-order valence-electron chi connectivity index (χ4n) is 2.70. The van der Waals surface area contributed by atoms with E-state index < -0.39 is 23.4 Å². The summed E-state index contributed by atoms with van der Waals surface area (Å²) in [5.74, 6) is -0.0662. The van der Waals surface area contributed by atoms with Crippen LogP contribution in [0.5, 0.6) is 11.5 Å². The molecule has 1 N–H and O–H groups in total. The van der Waals surface area contributed by atoms with E-state index in [1.807, 2.05) is 0 Å². The molecule has 9 nitrogen and oxygen atoms in total. The average Bonchev–Trinajstić information content (AvgIpc) is 3.14. The molecule has 0 spiro atoms. The number of benzene rings is 2. The van der Waals surface area contributed by atoms with Gasteiger partial charge in [0, 0.05) is 11.6 Å². The van der Waals surface area contributed by atoms with E-state index in [1.54, 1.807) is 32.0 Å². The van der Waals surface area contributed by atoms with Crippen LogP contribution in [-0.4, -0.2) is 30.2 Å². The third-order valence-corrected chi connectivity index (χ3v) is 4.25. The van der Waals surface area contributed by atoms with Gasteiger partial charge < -0.3 is 19.5 Å². The van der Waals surface area contributed by atoms with E-state index in [4.69, 9.17) is 14.2 Å². The second kappa shape index (κ2) is 7.95. The van der Waals surface area contributed by atoms with Gasteiger partial charge in [0.2, 0.25) is 6.79 Å². The number of fused-ring (bicyclic) bond motifs is 1. The summed E-state index contributed by atoms with van der Waals surface area (Å²) >= 11 is 0. The second-order valence-corrected chi connectivity index (χ2v) is 6.24. The Hall–Kier alpha value is -3.62. The summed E-state index contributed by atoms with van der Waals surface area (Å²) < 4.78 is 15.5. The number of carbonyl (C=O) groups excluding carboxylic acids is 2. The number of hydrogen-bond acceptors (Lipinski definition) is 7. The Morgan fingerprint density at radius 1 is 1.21 bits per heavy atom. The summed E-state index contributed by atoms with van der Waals surface area (Å²) in [5, 5.41) is 13.7. The van der Waals surface area contributed by atoms with Crippen LogP contribution in [0.3, 0.4) is 0 Å². The predicted molar refractivity (Wildman–Crippen MR) is 97.2 cm³/mol. The van der Waals surface area contributed by atoms with Gasteiger partial charge in [-0.05, 0) is 37.6 Å². The number of ether oxygens (including phenoxy) is 3. The zero-order valence-corrected chi connectivity index (χ0v) is 15.3. The number of rotatable bonds is 6. The Morgan fingerprint density at radius 2 is 1.96 bits per heavy atom. The van der Waals surface area contributed by atoms with Gasteiger partial charge in [0.15, 0.2) is 18.1 Å². The molecule has 146 valence electrons. The van der Waals surface area contributed by atoms with Crippen LogP contribution >= 0.6 is 0 Å². The highest BCUT2D eigenvalue weighted by molar-refractivity contribution is 5.92. The van der Waals surface area contributed by atoms with Gasteiger partial charge in [0.25, 0.3) is 11.6 Å². The van der Waals surface area contributed by atoms with Crippen LogP contribution in [0, 0.1) is 17.0 Å². The van der Waals surface area contributed by atoms with Gasteiger partial charge in [-0.1, -0.05) is 12.1 Å². The lowest BCUT2D eigenvalue weighted by Crippen LogP contribution is -2.31. The Labute approximate surface area is 160 Å². The highest BCUT2D eigenvalue weighted by atomic mass is 16.7. The number of amides is 1. The van der Waals surface area contributed by atoms with Gasteiger partial charge in [-0.15, -0.1) is 0 Å². The van der Waals surface area contributed by atoms with E-state index >= 15 is 0 Å². The summed E-state index contributed by atoms with van der Waals surface area (Å²) in [6, 6.07) is 8.98. The quantitative estimate of drug-likeness (QED) is 0.461. The van der Waals surface area contributed by atoms with E-state index in [9.17, 15) is 19.7 Å². The fourth-order valence-corrected chi connectivity index (χ4v) is 2.70. The van der Waals surface area contributed by atoms with Crippen LogP contribution in [0.4, 0.5) is 5.69 Å². The molecule has 1 atom stereocenters. The van der Waals surface area contributed by atoms with Gasteiger partial charge >= 0.3 is 5.97 Å². The third-order valence-electron chi connectivity index (χ3n) is 4.25. The lowest BCUT2D eigenvalue weighted by molar-refractivity contribution is -0.385. The van der Waals surface area contributed by atoms with Crippen LogP contribution in [0.25, 0.3) is 0 Å². The molecule has 0 aromatic heterocycles. The molecule has 3 rings (SSSR count). The first-order valence-corrected chi connectivity index (χ1v) is 8.46. The standard InChI is InChI=1S/C19H18N2O7/c1-11-3-4-14(7-15(11)21(24)25)19(23)26-9-18(22)20-12(2)13-5-6-16-17(8-13)28-10-27-16/h3-8,12H,9-10H2,1-2H3,(H,20,22)/t12-/m1/s1. The summed E-state index contributed by atoms with van der Waals surface area (Å²) in [4.78, 5) is 34.5. The first-order chi connectivity index (χ1) is 13.3. The second-order valence-electron chi connectivity index (χ2n) is 6.24. The topological polar surface area (TPSA) is 117 Å². The molecule has 0 saturated heterocycles. The molecule has 1 amide bonds. The molecule has 0 unspecified atom stereocenters. The summed E-state index contributed by atoms with van der Waals surface area (Å²) in [6.45, 7) is 3.00. The van der Waals surface area contributed by atoms with Crippen molar-refractivity contribution in [2.24, 2.45) is 0 Å². The number of nitrogens with zero attached hydrogens (tertiary/aromatic N) is 1. The van der Waals surface area contributed by atoms with Crippen LogP contribution < -0.4 is 14.8 Å². The minimum absolute atomic E-state index is 0.00826. The van der Waals surface area contributed by atoms with E-state index in [0.717, 1.165) is 11.6 Å². The van der Waals surface area contributed by atoms with Crippen molar-refractivity contribution in [1.29, 1.82) is 0 Å². The molecule has 0 aliphatic carbocycles. The minimum atomic E-state index is -0.811. The predicted octanol–water partition coefficient (Wildman–Crippen LogP) is 2.67. The monoisotopic (exact) mass is 386 g/mol. The Balaban J connectivity index is 1.56. The largest absolute Gasteiger partial charge is 0.454 e. The molecule has 1 aliphatic heterocycles. The lowest BCUT2D eigenvalue weighted by Gasteiger charge is -2.15. The van der Waals surface area contributed by atoms with E-state index in [2.05, 4.69) is 5.32 Å². The molecule has 2 aromatic rings. The number of nitrogens with one attached hydrogen (secondary N) is 1. The van der Waals surface area contributed by atoms with Gasteiger partial charge in [-0.2, -0.15) is 0 Å². The smallest absolute Gasteiger partial charge is 0.338 e. The normalized spacial score (nSPS) is 12.9. The summed E-state index contributed by atoms with van der Waals surface area (Å²) in [6.07, 6.45) is 0. The van der Waals surface area contributed by atoms with Crippen molar-refractivity contribution in [1.82, 2.24) is 5.32 Å². The molecule has 0 fully saturated rings. The van der Waals surface area contributed by atoms with E-state index in [1.165, 1.54) is 12.1 Å². The average molecular weight is 386 g/mol. The number of aryl methyl sites for hydroxylation is 1. The molecular weight excluding hydrogens is 368 g/mol. The van der Waals surface area contributed by atoms with Gasteiger partial charge in [0.05, 0.1) is 16.5 Å². The van der Waals surface area contributed by atoms with Crippen molar-refractivity contribution in [2.75, 3.05) is 13.4 Å². The van der Waals surface area contributed by atoms with E-state index in [0.29, 0.717) is 17.1 Å². The lowest BCUT2D eigenvalue weighted by atomic mass is 10.1. The maximum atomic E-state index is 12.1. The van der Waals surface area contributed by atoms with Crippen molar-refractivity contribution in [3.05, 3.63) is 63.2 Å².